The maximum Gasteiger partial charge on any atom is 0.256 e. The molecule has 0 saturated carbocycles. The quantitative estimate of drug-likeness (QED) is 0.163. The van der Waals surface area contributed by atoms with Crippen molar-refractivity contribution in [2.75, 3.05) is 5.32 Å². The lowest BCUT2D eigenvalue weighted by atomic mass is 10.00. The first-order valence-corrected chi connectivity index (χ1v) is 15.8. The summed E-state index contributed by atoms with van der Waals surface area (Å²) in [7, 11) is 0. The van der Waals surface area contributed by atoms with E-state index in [0.29, 0.717) is 17.8 Å². The summed E-state index contributed by atoms with van der Waals surface area (Å²) in [6.45, 7) is 6.65. The SMILES string of the molecule is CC(C)(C)NC(=O)C(c1ccccc1)N(Cc1ccccc1)C(=O)c1ccc2nc(-c3ccccc3)c(NCc3ccccc3)n2c1. The van der Waals surface area contributed by atoms with Crippen LogP contribution in [0.1, 0.15) is 53.9 Å². The molecular weight excluding hydrogens is 582 g/mol. The number of nitrogens with zero attached hydrogens (tertiary/aromatic N) is 3. The zero-order valence-electron chi connectivity index (χ0n) is 26.9. The predicted molar refractivity (Wildman–Crippen MR) is 188 cm³/mol. The number of carbonyl (C=O) groups excluding carboxylic acids is 2. The number of anilines is 1. The van der Waals surface area contributed by atoms with Gasteiger partial charge in [-0.25, -0.2) is 4.98 Å². The van der Waals surface area contributed by atoms with Crippen molar-refractivity contribution in [1.82, 2.24) is 19.6 Å². The van der Waals surface area contributed by atoms with Gasteiger partial charge in [0, 0.05) is 30.4 Å². The van der Waals surface area contributed by atoms with Gasteiger partial charge >= 0.3 is 0 Å². The lowest BCUT2D eigenvalue weighted by Gasteiger charge is -2.34. The third kappa shape index (κ3) is 7.42. The first-order valence-electron chi connectivity index (χ1n) is 15.8. The van der Waals surface area contributed by atoms with Gasteiger partial charge in [-0.15, -0.1) is 0 Å². The molecule has 7 heteroatoms. The number of pyridine rings is 1. The average Bonchev–Trinajstić information content (AvgIpc) is 3.45. The number of aromatic nitrogens is 2. The predicted octanol–water partition coefficient (Wildman–Crippen LogP) is 7.91. The van der Waals surface area contributed by atoms with Crippen LogP contribution >= 0.6 is 0 Å². The highest BCUT2D eigenvalue weighted by Gasteiger charge is 2.34. The maximum absolute atomic E-state index is 14.7. The van der Waals surface area contributed by atoms with Crippen LogP contribution in [-0.2, 0) is 17.9 Å². The third-order valence-corrected chi connectivity index (χ3v) is 7.85. The van der Waals surface area contributed by atoms with Crippen LogP contribution < -0.4 is 10.6 Å². The number of amides is 2. The Hall–Kier alpha value is -5.69. The Morgan fingerprint density at radius 3 is 1.94 bits per heavy atom. The van der Waals surface area contributed by atoms with Crippen LogP contribution in [0.3, 0.4) is 0 Å². The Labute approximate surface area is 275 Å². The van der Waals surface area contributed by atoms with Crippen LogP contribution in [0.25, 0.3) is 16.9 Å². The molecule has 0 aliphatic rings. The smallest absolute Gasteiger partial charge is 0.256 e. The van der Waals surface area contributed by atoms with E-state index in [1.165, 1.54) is 0 Å². The van der Waals surface area contributed by atoms with E-state index in [4.69, 9.17) is 4.98 Å². The third-order valence-electron chi connectivity index (χ3n) is 7.85. The fourth-order valence-electron chi connectivity index (χ4n) is 5.69. The van der Waals surface area contributed by atoms with Crippen LogP contribution in [0, 0.1) is 0 Å². The molecule has 0 aliphatic heterocycles. The Kier molecular flexibility index (Phi) is 9.16. The molecule has 1 atom stereocenters. The van der Waals surface area contributed by atoms with Gasteiger partial charge in [0.1, 0.15) is 23.2 Å². The maximum atomic E-state index is 14.7. The second kappa shape index (κ2) is 13.7. The topological polar surface area (TPSA) is 78.7 Å². The van der Waals surface area contributed by atoms with Gasteiger partial charge in [-0.3, -0.25) is 14.0 Å². The van der Waals surface area contributed by atoms with Gasteiger partial charge in [0.15, 0.2) is 0 Å². The van der Waals surface area contributed by atoms with Crippen molar-refractivity contribution in [1.29, 1.82) is 0 Å². The lowest BCUT2D eigenvalue weighted by molar-refractivity contribution is -0.127. The summed E-state index contributed by atoms with van der Waals surface area (Å²) in [4.78, 5) is 35.4. The van der Waals surface area contributed by atoms with Gasteiger partial charge < -0.3 is 15.5 Å². The molecule has 0 bridgehead atoms. The molecule has 236 valence electrons. The number of benzene rings is 4. The summed E-state index contributed by atoms with van der Waals surface area (Å²) in [5.74, 6) is 0.273. The first-order chi connectivity index (χ1) is 22.8. The zero-order chi connectivity index (χ0) is 32.8. The van der Waals surface area contributed by atoms with E-state index in [0.717, 1.165) is 33.8 Å². The van der Waals surface area contributed by atoms with Gasteiger partial charge in [0.05, 0.1) is 5.56 Å². The monoisotopic (exact) mass is 621 g/mol. The first kappa shape index (κ1) is 31.3. The van der Waals surface area contributed by atoms with Gasteiger partial charge in [-0.1, -0.05) is 121 Å². The van der Waals surface area contributed by atoms with E-state index < -0.39 is 11.6 Å². The molecule has 0 radical (unpaired) electrons. The lowest BCUT2D eigenvalue weighted by Crippen LogP contribution is -2.49. The zero-order valence-corrected chi connectivity index (χ0v) is 26.9. The van der Waals surface area contributed by atoms with Gasteiger partial charge in [-0.2, -0.15) is 0 Å². The van der Waals surface area contributed by atoms with E-state index in [2.05, 4.69) is 22.8 Å². The molecule has 7 nitrogen and oxygen atoms in total. The summed E-state index contributed by atoms with van der Waals surface area (Å²) in [6, 6.07) is 42.2. The molecule has 2 aromatic heterocycles. The van der Waals surface area contributed by atoms with Crippen molar-refractivity contribution >= 4 is 23.3 Å². The largest absolute Gasteiger partial charge is 0.365 e. The Balaban J connectivity index is 1.45. The number of imidazole rings is 1. The number of rotatable bonds is 10. The second-order valence-corrected chi connectivity index (χ2v) is 12.6. The molecule has 2 amide bonds. The molecular formula is C40H39N5O2. The fourth-order valence-corrected chi connectivity index (χ4v) is 5.69. The summed E-state index contributed by atoms with van der Waals surface area (Å²) < 4.78 is 1.94. The van der Waals surface area contributed by atoms with Gasteiger partial charge in [-0.05, 0) is 49.6 Å². The number of nitrogens with one attached hydrogen (secondary N) is 2. The molecule has 0 fully saturated rings. The molecule has 0 spiro atoms. The van der Waals surface area contributed by atoms with Gasteiger partial charge in [0.25, 0.3) is 5.91 Å². The van der Waals surface area contributed by atoms with Gasteiger partial charge in [0.2, 0.25) is 5.91 Å². The van der Waals surface area contributed by atoms with E-state index in [-0.39, 0.29) is 18.4 Å². The van der Waals surface area contributed by atoms with Crippen molar-refractivity contribution < 1.29 is 9.59 Å². The number of carbonyl (C=O) groups is 2. The molecule has 2 N–H and O–H groups in total. The summed E-state index contributed by atoms with van der Waals surface area (Å²) in [6.07, 6.45) is 1.83. The molecule has 1 unspecified atom stereocenters. The van der Waals surface area contributed by atoms with Crippen molar-refractivity contribution in [3.05, 3.63) is 162 Å². The van der Waals surface area contributed by atoms with E-state index in [1.54, 1.807) is 11.0 Å². The van der Waals surface area contributed by atoms with E-state index >= 15 is 0 Å². The van der Waals surface area contributed by atoms with E-state index in [1.807, 2.05) is 147 Å². The minimum Gasteiger partial charge on any atom is -0.365 e. The molecule has 6 rings (SSSR count). The molecule has 2 heterocycles. The minimum absolute atomic E-state index is 0.242. The molecule has 0 aliphatic carbocycles. The molecule has 6 aromatic rings. The minimum atomic E-state index is -0.864. The average molecular weight is 622 g/mol. The highest BCUT2D eigenvalue weighted by Crippen LogP contribution is 2.31. The van der Waals surface area contributed by atoms with Crippen LogP contribution in [0.2, 0.25) is 0 Å². The molecule has 4 aromatic carbocycles. The van der Waals surface area contributed by atoms with E-state index in [9.17, 15) is 9.59 Å². The van der Waals surface area contributed by atoms with Crippen LogP contribution in [0.15, 0.2) is 140 Å². The second-order valence-electron chi connectivity index (χ2n) is 12.6. The standard InChI is InChI=1S/C40H39N5O2/c1-40(2,3)43-38(46)36(32-22-14-7-15-23-32)45(27-30-18-10-5-11-19-30)39(47)33-24-25-34-42-35(31-20-12-6-13-21-31)37(44(34)28-33)41-26-29-16-8-4-9-17-29/h4-25,28,36,41H,26-27H2,1-3H3,(H,43,46). The molecule has 47 heavy (non-hydrogen) atoms. The van der Waals surface area contributed by atoms with Crippen molar-refractivity contribution in [3.8, 4) is 11.3 Å². The van der Waals surface area contributed by atoms with Crippen LogP contribution in [0.5, 0.6) is 0 Å². The Bertz CT molecular complexity index is 1950. The number of hydrogen-bond acceptors (Lipinski definition) is 4. The Morgan fingerprint density at radius 2 is 1.32 bits per heavy atom. The van der Waals surface area contributed by atoms with Crippen molar-refractivity contribution in [2.24, 2.45) is 0 Å². The Morgan fingerprint density at radius 1 is 0.745 bits per heavy atom. The number of fused-ring (bicyclic) bond motifs is 1. The van der Waals surface area contributed by atoms with Crippen molar-refractivity contribution in [2.45, 2.75) is 45.4 Å². The normalized spacial score (nSPS) is 12.0. The summed E-state index contributed by atoms with van der Waals surface area (Å²) >= 11 is 0. The summed E-state index contributed by atoms with van der Waals surface area (Å²) in [5.41, 5.74) is 5.19. The van der Waals surface area contributed by atoms with Crippen LogP contribution in [0.4, 0.5) is 5.82 Å². The summed E-state index contributed by atoms with van der Waals surface area (Å²) in [5, 5.41) is 6.72. The van der Waals surface area contributed by atoms with Crippen LogP contribution in [-0.4, -0.2) is 31.6 Å². The van der Waals surface area contributed by atoms with Crippen molar-refractivity contribution in [3.63, 3.8) is 0 Å². The number of hydrogen-bond donors (Lipinski definition) is 2. The molecule has 0 saturated heterocycles. The highest BCUT2D eigenvalue weighted by molar-refractivity contribution is 5.98. The fraction of sp³-hybridized carbons (Fsp3) is 0.175. The highest BCUT2D eigenvalue weighted by atomic mass is 16.2.